The van der Waals surface area contributed by atoms with Crippen LogP contribution in [0.4, 0.5) is 4.79 Å². The number of hydrogen-bond donors (Lipinski definition) is 1. The summed E-state index contributed by atoms with van der Waals surface area (Å²) in [7, 11) is 0. The molecular weight excluding hydrogens is 364 g/mol. The van der Waals surface area contributed by atoms with Gasteiger partial charge in [-0.25, -0.2) is 4.79 Å². The van der Waals surface area contributed by atoms with E-state index in [4.69, 9.17) is 4.42 Å². The number of urea groups is 1. The van der Waals surface area contributed by atoms with E-state index < -0.39 is 11.9 Å². The van der Waals surface area contributed by atoms with Gasteiger partial charge in [0, 0.05) is 24.8 Å². The van der Waals surface area contributed by atoms with Gasteiger partial charge in [0.2, 0.25) is 11.8 Å². The van der Waals surface area contributed by atoms with Crippen molar-refractivity contribution in [2.75, 3.05) is 6.54 Å². The van der Waals surface area contributed by atoms with Crippen molar-refractivity contribution >= 4 is 23.7 Å². The van der Waals surface area contributed by atoms with Crippen molar-refractivity contribution in [1.82, 2.24) is 20.4 Å². The predicted molar refractivity (Wildman–Crippen MR) is 102 cm³/mol. The van der Waals surface area contributed by atoms with Crippen LogP contribution in [-0.2, 0) is 17.0 Å². The molecule has 1 aliphatic heterocycles. The maximum atomic E-state index is 12.6. The lowest BCUT2D eigenvalue weighted by Gasteiger charge is -2.34. The SMILES string of the molecule is C=CCN1C(=O)NC(C)C(Cc2nnc(SCc3ccccc3C)o2)C1=O. The molecule has 3 amide bonds. The summed E-state index contributed by atoms with van der Waals surface area (Å²) in [5.74, 6) is 0.425. The molecule has 0 radical (unpaired) electrons. The van der Waals surface area contributed by atoms with Gasteiger partial charge in [0.1, 0.15) is 0 Å². The molecule has 1 aromatic heterocycles. The first kappa shape index (κ1) is 19.2. The van der Waals surface area contributed by atoms with Gasteiger partial charge in [-0.2, -0.15) is 0 Å². The van der Waals surface area contributed by atoms with E-state index in [0.717, 1.165) is 10.7 Å². The van der Waals surface area contributed by atoms with Crippen LogP contribution in [0.25, 0.3) is 0 Å². The Hall–Kier alpha value is -2.61. The minimum atomic E-state index is -0.447. The lowest BCUT2D eigenvalue weighted by molar-refractivity contribution is -0.134. The van der Waals surface area contributed by atoms with Gasteiger partial charge in [-0.3, -0.25) is 9.69 Å². The molecular formula is C19H22N4O3S. The Morgan fingerprint density at radius 3 is 2.85 bits per heavy atom. The Kier molecular flexibility index (Phi) is 5.95. The molecule has 2 aromatic rings. The van der Waals surface area contributed by atoms with Crippen molar-refractivity contribution in [3.63, 3.8) is 0 Å². The van der Waals surface area contributed by atoms with E-state index in [2.05, 4.69) is 41.1 Å². The third-order valence-corrected chi connectivity index (χ3v) is 5.42. The highest BCUT2D eigenvalue weighted by atomic mass is 32.2. The quantitative estimate of drug-likeness (QED) is 0.581. The zero-order chi connectivity index (χ0) is 19.4. The van der Waals surface area contributed by atoms with Crippen LogP contribution in [0.3, 0.4) is 0 Å². The number of amides is 3. The summed E-state index contributed by atoms with van der Waals surface area (Å²) in [6.07, 6.45) is 1.81. The molecule has 0 bridgehead atoms. The number of aryl methyl sites for hydroxylation is 1. The van der Waals surface area contributed by atoms with Crippen LogP contribution in [0.1, 0.15) is 23.9 Å². The minimum absolute atomic E-state index is 0.176. The van der Waals surface area contributed by atoms with Crippen LogP contribution in [0.2, 0.25) is 0 Å². The molecule has 27 heavy (non-hydrogen) atoms. The molecule has 1 fully saturated rings. The standard InChI is InChI=1S/C19H22N4O3S/c1-4-9-23-17(24)15(13(3)20-18(23)25)10-16-21-22-19(26-16)27-11-14-8-6-5-7-12(14)2/h4-8,13,15H,1,9-11H2,2-3H3,(H,20,25). The molecule has 1 aromatic carbocycles. The Balaban J connectivity index is 1.64. The monoisotopic (exact) mass is 386 g/mol. The maximum Gasteiger partial charge on any atom is 0.324 e. The number of benzene rings is 1. The first-order chi connectivity index (χ1) is 13.0. The first-order valence-electron chi connectivity index (χ1n) is 8.72. The Morgan fingerprint density at radius 1 is 1.33 bits per heavy atom. The smallest absolute Gasteiger partial charge is 0.324 e. The van der Waals surface area contributed by atoms with Crippen molar-refractivity contribution in [2.45, 2.75) is 37.3 Å². The van der Waals surface area contributed by atoms with E-state index in [9.17, 15) is 9.59 Å². The number of aromatic nitrogens is 2. The van der Waals surface area contributed by atoms with Crippen molar-refractivity contribution in [2.24, 2.45) is 5.92 Å². The molecule has 0 aliphatic carbocycles. The number of imide groups is 1. The number of nitrogens with zero attached hydrogens (tertiary/aromatic N) is 3. The fraction of sp³-hybridized carbons (Fsp3) is 0.368. The highest BCUT2D eigenvalue weighted by Gasteiger charge is 2.39. The van der Waals surface area contributed by atoms with Gasteiger partial charge in [-0.05, 0) is 25.0 Å². The fourth-order valence-electron chi connectivity index (χ4n) is 2.93. The van der Waals surface area contributed by atoms with Crippen LogP contribution in [0, 0.1) is 12.8 Å². The van der Waals surface area contributed by atoms with Crippen LogP contribution >= 0.6 is 11.8 Å². The lowest BCUT2D eigenvalue weighted by Crippen LogP contribution is -2.59. The maximum absolute atomic E-state index is 12.6. The summed E-state index contributed by atoms with van der Waals surface area (Å²) in [5.41, 5.74) is 2.42. The van der Waals surface area contributed by atoms with Crippen molar-refractivity contribution in [1.29, 1.82) is 0 Å². The molecule has 8 heteroatoms. The Bertz CT molecular complexity index is 851. The number of carbonyl (C=O) groups excluding carboxylic acids is 2. The molecule has 1 saturated heterocycles. The number of rotatable bonds is 7. The molecule has 3 rings (SSSR count). The van der Waals surface area contributed by atoms with Crippen LogP contribution in [-0.4, -0.2) is 39.6 Å². The van der Waals surface area contributed by atoms with Gasteiger partial charge >= 0.3 is 6.03 Å². The predicted octanol–water partition coefficient (Wildman–Crippen LogP) is 2.96. The largest absolute Gasteiger partial charge is 0.416 e. The van der Waals surface area contributed by atoms with Crippen molar-refractivity contribution in [3.05, 3.63) is 53.9 Å². The Morgan fingerprint density at radius 2 is 2.11 bits per heavy atom. The second-order valence-corrected chi connectivity index (χ2v) is 7.39. The second-order valence-electron chi connectivity index (χ2n) is 6.46. The molecule has 0 spiro atoms. The van der Waals surface area contributed by atoms with Crippen LogP contribution in [0.15, 0.2) is 46.6 Å². The first-order valence-corrected chi connectivity index (χ1v) is 9.70. The van der Waals surface area contributed by atoms with Crippen LogP contribution < -0.4 is 5.32 Å². The highest BCUT2D eigenvalue weighted by Crippen LogP contribution is 2.25. The average molecular weight is 386 g/mol. The van der Waals surface area contributed by atoms with Gasteiger partial charge in [0.05, 0.1) is 5.92 Å². The lowest BCUT2D eigenvalue weighted by atomic mass is 9.93. The number of nitrogens with one attached hydrogen (secondary N) is 1. The summed E-state index contributed by atoms with van der Waals surface area (Å²) < 4.78 is 5.70. The van der Waals surface area contributed by atoms with E-state index in [1.165, 1.54) is 29.0 Å². The van der Waals surface area contributed by atoms with E-state index >= 15 is 0 Å². The van der Waals surface area contributed by atoms with E-state index in [1.54, 1.807) is 6.92 Å². The summed E-state index contributed by atoms with van der Waals surface area (Å²) in [6.45, 7) is 7.63. The van der Waals surface area contributed by atoms with Gasteiger partial charge in [0.15, 0.2) is 0 Å². The molecule has 2 heterocycles. The second kappa shape index (κ2) is 8.39. The van der Waals surface area contributed by atoms with Crippen molar-refractivity contribution < 1.29 is 14.0 Å². The number of hydrogen-bond acceptors (Lipinski definition) is 6. The molecule has 1 aliphatic rings. The molecule has 0 saturated carbocycles. The third-order valence-electron chi connectivity index (χ3n) is 4.55. The highest BCUT2D eigenvalue weighted by molar-refractivity contribution is 7.98. The molecule has 2 unspecified atom stereocenters. The molecule has 2 atom stereocenters. The van der Waals surface area contributed by atoms with Gasteiger partial charge in [0.25, 0.3) is 5.22 Å². The summed E-state index contributed by atoms with van der Waals surface area (Å²) in [6, 6.07) is 7.43. The van der Waals surface area contributed by atoms with Gasteiger partial charge in [-0.15, -0.1) is 16.8 Å². The average Bonchev–Trinajstić information content (AvgIpc) is 3.09. The summed E-state index contributed by atoms with van der Waals surface area (Å²) in [5, 5.41) is 11.4. The van der Waals surface area contributed by atoms with E-state index in [0.29, 0.717) is 11.1 Å². The van der Waals surface area contributed by atoms with Crippen LogP contribution in [0.5, 0.6) is 0 Å². The fourth-order valence-corrected chi connectivity index (χ4v) is 3.79. The number of carbonyl (C=O) groups is 2. The van der Waals surface area contributed by atoms with Crippen molar-refractivity contribution in [3.8, 4) is 0 Å². The zero-order valence-electron chi connectivity index (χ0n) is 15.3. The number of thioether (sulfide) groups is 1. The topological polar surface area (TPSA) is 88.3 Å². The molecule has 142 valence electrons. The third kappa shape index (κ3) is 4.39. The normalized spacial score (nSPS) is 19.9. The summed E-state index contributed by atoms with van der Waals surface area (Å²) in [4.78, 5) is 25.7. The van der Waals surface area contributed by atoms with Gasteiger partial charge < -0.3 is 9.73 Å². The summed E-state index contributed by atoms with van der Waals surface area (Å²) >= 11 is 1.46. The molecule has 7 nitrogen and oxygen atoms in total. The van der Waals surface area contributed by atoms with E-state index in [1.807, 2.05) is 12.1 Å². The minimum Gasteiger partial charge on any atom is -0.416 e. The molecule has 1 N–H and O–H groups in total. The van der Waals surface area contributed by atoms with E-state index in [-0.39, 0.29) is 24.9 Å². The Labute approximate surface area is 162 Å². The van der Waals surface area contributed by atoms with Gasteiger partial charge in [-0.1, -0.05) is 42.1 Å². The zero-order valence-corrected chi connectivity index (χ0v) is 16.2.